The molecule has 3 heteroatoms. The van der Waals surface area contributed by atoms with Crippen molar-refractivity contribution >= 4 is 0 Å². The Kier molecular flexibility index (Phi) is 5.46. The highest BCUT2D eigenvalue weighted by Crippen LogP contribution is 2.33. The molecular formula is C15H29NO2. The van der Waals surface area contributed by atoms with Gasteiger partial charge < -0.3 is 14.8 Å². The van der Waals surface area contributed by atoms with Gasteiger partial charge in [-0.15, -0.1) is 0 Å². The van der Waals surface area contributed by atoms with Gasteiger partial charge >= 0.3 is 0 Å². The second kappa shape index (κ2) is 6.88. The number of hydrogen-bond acceptors (Lipinski definition) is 3. The van der Waals surface area contributed by atoms with Gasteiger partial charge in [0.1, 0.15) is 0 Å². The summed E-state index contributed by atoms with van der Waals surface area (Å²) in [5, 5.41) is 3.54. The van der Waals surface area contributed by atoms with Crippen molar-refractivity contribution in [3.05, 3.63) is 0 Å². The van der Waals surface area contributed by atoms with Gasteiger partial charge in [-0.1, -0.05) is 26.7 Å². The Morgan fingerprint density at radius 2 is 2.06 bits per heavy atom. The third-order valence-electron chi connectivity index (χ3n) is 4.43. The predicted molar refractivity (Wildman–Crippen MR) is 73.8 cm³/mol. The van der Waals surface area contributed by atoms with Crippen LogP contribution in [0.2, 0.25) is 0 Å². The van der Waals surface area contributed by atoms with Gasteiger partial charge in [-0.05, 0) is 38.1 Å². The molecule has 5 atom stereocenters. The van der Waals surface area contributed by atoms with Gasteiger partial charge in [0.15, 0.2) is 0 Å². The van der Waals surface area contributed by atoms with Crippen LogP contribution in [0, 0.1) is 5.92 Å². The molecule has 0 aliphatic heterocycles. The van der Waals surface area contributed by atoms with Crippen LogP contribution in [0.3, 0.4) is 0 Å². The lowest BCUT2D eigenvalue weighted by atomic mass is 9.83. The van der Waals surface area contributed by atoms with E-state index >= 15 is 0 Å². The molecule has 0 radical (unpaired) electrons. The molecule has 1 N–H and O–H groups in total. The molecule has 2 fully saturated rings. The Balaban J connectivity index is 1.73. The first kappa shape index (κ1) is 14.3. The summed E-state index contributed by atoms with van der Waals surface area (Å²) in [7, 11) is 1.81. The quantitative estimate of drug-likeness (QED) is 0.791. The van der Waals surface area contributed by atoms with E-state index in [1.165, 1.54) is 32.1 Å². The van der Waals surface area contributed by atoms with E-state index in [4.69, 9.17) is 9.47 Å². The van der Waals surface area contributed by atoms with Gasteiger partial charge in [-0.25, -0.2) is 0 Å². The standard InChI is InChI=1S/C15H29NO2/c1-4-8-16-13-10-14(15(13)17-3)18-12-7-5-6-11(2)9-12/h11-16H,4-10H2,1-3H3. The van der Waals surface area contributed by atoms with Crippen molar-refractivity contribution < 1.29 is 9.47 Å². The maximum Gasteiger partial charge on any atom is 0.0987 e. The van der Waals surface area contributed by atoms with E-state index in [9.17, 15) is 0 Å². The Morgan fingerprint density at radius 1 is 1.22 bits per heavy atom. The van der Waals surface area contributed by atoms with E-state index in [1.54, 1.807) is 0 Å². The molecular weight excluding hydrogens is 226 g/mol. The van der Waals surface area contributed by atoms with Crippen molar-refractivity contribution in [2.75, 3.05) is 13.7 Å². The summed E-state index contributed by atoms with van der Waals surface area (Å²) >= 11 is 0. The highest BCUT2D eigenvalue weighted by atomic mass is 16.5. The Hall–Kier alpha value is -0.120. The normalized spacial score (nSPS) is 40.5. The molecule has 0 saturated heterocycles. The smallest absolute Gasteiger partial charge is 0.0987 e. The van der Waals surface area contributed by atoms with Crippen molar-refractivity contribution in [3.63, 3.8) is 0 Å². The van der Waals surface area contributed by atoms with Gasteiger partial charge in [0.2, 0.25) is 0 Å². The SMILES string of the molecule is CCCNC1CC(OC2CCCC(C)C2)C1OC. The minimum Gasteiger partial charge on any atom is -0.377 e. The molecule has 5 unspecified atom stereocenters. The summed E-state index contributed by atoms with van der Waals surface area (Å²) in [6.07, 6.45) is 8.52. The second-order valence-corrected chi connectivity index (χ2v) is 6.06. The van der Waals surface area contributed by atoms with Crippen molar-refractivity contribution in [2.45, 2.75) is 76.7 Å². The number of ether oxygens (including phenoxy) is 2. The summed E-state index contributed by atoms with van der Waals surface area (Å²) in [6, 6.07) is 0.501. The molecule has 18 heavy (non-hydrogen) atoms. The van der Waals surface area contributed by atoms with Gasteiger partial charge in [-0.3, -0.25) is 0 Å². The first-order valence-corrected chi connectivity index (χ1v) is 7.66. The topological polar surface area (TPSA) is 30.5 Å². The van der Waals surface area contributed by atoms with Crippen molar-refractivity contribution in [2.24, 2.45) is 5.92 Å². The van der Waals surface area contributed by atoms with E-state index in [1.807, 2.05) is 7.11 Å². The largest absolute Gasteiger partial charge is 0.377 e. The predicted octanol–water partition coefficient (Wildman–Crippen LogP) is 2.74. The number of rotatable bonds is 6. The first-order valence-electron chi connectivity index (χ1n) is 7.66. The molecule has 2 rings (SSSR count). The van der Waals surface area contributed by atoms with Crippen LogP contribution in [0.4, 0.5) is 0 Å². The fraction of sp³-hybridized carbons (Fsp3) is 1.00. The molecule has 0 aromatic heterocycles. The molecule has 0 aromatic rings. The van der Waals surface area contributed by atoms with Crippen LogP contribution in [0.25, 0.3) is 0 Å². The molecule has 0 spiro atoms. The van der Waals surface area contributed by atoms with Gasteiger partial charge in [0, 0.05) is 13.2 Å². The van der Waals surface area contributed by atoms with Crippen molar-refractivity contribution in [3.8, 4) is 0 Å². The molecule has 0 aromatic carbocycles. The lowest BCUT2D eigenvalue weighted by Crippen LogP contribution is -2.60. The summed E-state index contributed by atoms with van der Waals surface area (Å²) < 4.78 is 11.8. The average molecular weight is 255 g/mol. The maximum atomic E-state index is 6.25. The minimum absolute atomic E-state index is 0.258. The van der Waals surface area contributed by atoms with Crippen LogP contribution in [0.15, 0.2) is 0 Å². The minimum atomic E-state index is 0.258. The van der Waals surface area contributed by atoms with Crippen LogP contribution in [0.1, 0.15) is 52.4 Å². The molecule has 0 bridgehead atoms. The van der Waals surface area contributed by atoms with Crippen LogP contribution in [-0.4, -0.2) is 38.0 Å². The Bertz CT molecular complexity index is 247. The van der Waals surface area contributed by atoms with Crippen LogP contribution in [-0.2, 0) is 9.47 Å². The van der Waals surface area contributed by atoms with Crippen LogP contribution < -0.4 is 5.32 Å². The van der Waals surface area contributed by atoms with Gasteiger partial charge in [0.25, 0.3) is 0 Å². The molecule has 3 nitrogen and oxygen atoms in total. The zero-order chi connectivity index (χ0) is 13.0. The molecule has 0 amide bonds. The van der Waals surface area contributed by atoms with Crippen LogP contribution in [0.5, 0.6) is 0 Å². The fourth-order valence-corrected chi connectivity index (χ4v) is 3.31. The first-order chi connectivity index (χ1) is 8.74. The monoisotopic (exact) mass is 255 g/mol. The lowest BCUT2D eigenvalue weighted by molar-refractivity contribution is -0.164. The summed E-state index contributed by atoms with van der Waals surface area (Å²) in [6.45, 7) is 5.62. The van der Waals surface area contributed by atoms with Gasteiger partial charge in [-0.2, -0.15) is 0 Å². The molecule has 0 heterocycles. The highest BCUT2D eigenvalue weighted by Gasteiger charge is 2.43. The maximum absolute atomic E-state index is 6.25. The number of methoxy groups -OCH3 is 1. The molecule has 2 saturated carbocycles. The average Bonchev–Trinajstić information content (AvgIpc) is 2.33. The van der Waals surface area contributed by atoms with E-state index in [-0.39, 0.29) is 6.10 Å². The third-order valence-corrected chi connectivity index (χ3v) is 4.43. The summed E-state index contributed by atoms with van der Waals surface area (Å²) in [5.74, 6) is 0.832. The Morgan fingerprint density at radius 3 is 2.72 bits per heavy atom. The van der Waals surface area contributed by atoms with E-state index in [0.717, 1.165) is 18.9 Å². The fourth-order valence-electron chi connectivity index (χ4n) is 3.31. The third kappa shape index (κ3) is 3.46. The van der Waals surface area contributed by atoms with E-state index < -0.39 is 0 Å². The van der Waals surface area contributed by atoms with Crippen molar-refractivity contribution in [1.29, 1.82) is 0 Å². The second-order valence-electron chi connectivity index (χ2n) is 6.06. The summed E-state index contributed by atoms with van der Waals surface area (Å²) in [4.78, 5) is 0. The van der Waals surface area contributed by atoms with E-state index in [2.05, 4.69) is 19.2 Å². The van der Waals surface area contributed by atoms with E-state index in [0.29, 0.717) is 18.2 Å². The number of nitrogens with one attached hydrogen (secondary N) is 1. The van der Waals surface area contributed by atoms with Crippen molar-refractivity contribution in [1.82, 2.24) is 5.32 Å². The number of hydrogen-bond donors (Lipinski definition) is 1. The zero-order valence-electron chi connectivity index (χ0n) is 12.2. The lowest BCUT2D eigenvalue weighted by Gasteiger charge is -2.46. The summed E-state index contributed by atoms with van der Waals surface area (Å²) in [5.41, 5.74) is 0. The molecule has 2 aliphatic rings. The molecule has 2 aliphatic carbocycles. The molecule has 106 valence electrons. The highest BCUT2D eigenvalue weighted by molar-refractivity contribution is 4.97. The Labute approximate surface area is 112 Å². The van der Waals surface area contributed by atoms with Gasteiger partial charge in [0.05, 0.1) is 18.3 Å². The zero-order valence-corrected chi connectivity index (χ0v) is 12.2. The van der Waals surface area contributed by atoms with Crippen LogP contribution >= 0.6 is 0 Å².